The van der Waals surface area contributed by atoms with Crippen molar-refractivity contribution in [3.63, 3.8) is 0 Å². The Morgan fingerprint density at radius 3 is 2.57 bits per heavy atom. The van der Waals surface area contributed by atoms with Gasteiger partial charge < -0.3 is 4.90 Å². The molecule has 6 heteroatoms. The topological polar surface area (TPSA) is 41.4 Å². The minimum Gasteiger partial charge on any atom is -0.302 e. The van der Waals surface area contributed by atoms with Gasteiger partial charge in [-0.25, -0.2) is 4.98 Å². The maximum atomic E-state index is 13.4. The van der Waals surface area contributed by atoms with Crippen molar-refractivity contribution in [2.75, 3.05) is 32.7 Å². The number of hydrogen-bond acceptors (Lipinski definition) is 4. The van der Waals surface area contributed by atoms with Crippen LogP contribution in [0.5, 0.6) is 0 Å². The summed E-state index contributed by atoms with van der Waals surface area (Å²) in [5.41, 5.74) is 1.88. The van der Waals surface area contributed by atoms with Crippen LogP contribution in [-0.2, 0) is 6.54 Å². The normalized spacial score (nSPS) is 17.8. The number of fused-ring (bicyclic) bond motifs is 1. The lowest BCUT2D eigenvalue weighted by atomic mass is 10.1. The molecule has 2 aromatic rings. The highest BCUT2D eigenvalue weighted by molar-refractivity contribution is 9.10. The third kappa shape index (κ3) is 4.19. The van der Waals surface area contributed by atoms with Gasteiger partial charge in [-0.3, -0.25) is 14.3 Å². The van der Waals surface area contributed by atoms with Crippen molar-refractivity contribution in [2.45, 2.75) is 59.5 Å². The van der Waals surface area contributed by atoms with Crippen LogP contribution in [0.25, 0.3) is 10.9 Å². The molecule has 1 atom stereocenters. The van der Waals surface area contributed by atoms with E-state index >= 15 is 0 Å². The summed E-state index contributed by atoms with van der Waals surface area (Å²) in [6, 6.07) is 4.17. The van der Waals surface area contributed by atoms with E-state index in [2.05, 4.69) is 46.5 Å². The second kappa shape index (κ2) is 9.51. The van der Waals surface area contributed by atoms with Gasteiger partial charge in [-0.15, -0.1) is 0 Å². The van der Waals surface area contributed by atoms with E-state index in [1.807, 2.05) is 23.6 Å². The van der Waals surface area contributed by atoms with Gasteiger partial charge in [-0.05, 0) is 57.5 Å². The Morgan fingerprint density at radius 1 is 1.11 bits per heavy atom. The molecule has 0 saturated carbocycles. The van der Waals surface area contributed by atoms with Crippen molar-refractivity contribution in [3.05, 3.63) is 38.3 Å². The fourth-order valence-electron chi connectivity index (χ4n) is 4.39. The van der Waals surface area contributed by atoms with E-state index in [0.29, 0.717) is 6.54 Å². The summed E-state index contributed by atoms with van der Waals surface area (Å²) in [6.45, 7) is 14.6. The average Bonchev–Trinajstić information content (AvgIpc) is 2.94. The number of hydrogen-bond donors (Lipinski definition) is 0. The van der Waals surface area contributed by atoms with E-state index in [1.54, 1.807) is 0 Å². The predicted octanol–water partition coefficient (Wildman–Crippen LogP) is 4.36. The second-order valence-electron chi connectivity index (χ2n) is 7.71. The van der Waals surface area contributed by atoms with Gasteiger partial charge in [-0.2, -0.15) is 0 Å². The summed E-state index contributed by atoms with van der Waals surface area (Å²) in [5, 5.41) is 0.739. The Bertz CT molecular complexity index is 879. The van der Waals surface area contributed by atoms with E-state index in [0.717, 1.165) is 72.3 Å². The van der Waals surface area contributed by atoms with Gasteiger partial charge in [0.25, 0.3) is 5.56 Å². The smallest absolute Gasteiger partial charge is 0.261 e. The van der Waals surface area contributed by atoms with Gasteiger partial charge >= 0.3 is 0 Å². The highest BCUT2D eigenvalue weighted by Crippen LogP contribution is 2.28. The zero-order chi connectivity index (χ0) is 20.3. The molecule has 1 aliphatic heterocycles. The van der Waals surface area contributed by atoms with E-state index < -0.39 is 0 Å². The first kappa shape index (κ1) is 21.5. The molecule has 1 fully saturated rings. The van der Waals surface area contributed by atoms with Crippen molar-refractivity contribution < 1.29 is 0 Å². The third-order valence-corrected chi connectivity index (χ3v) is 6.89. The Morgan fingerprint density at radius 2 is 1.89 bits per heavy atom. The molecule has 1 saturated heterocycles. The molecular weight excluding hydrogens is 416 g/mol. The number of halogens is 1. The minimum absolute atomic E-state index is 0.0902. The molecule has 3 rings (SSSR count). The molecule has 0 amide bonds. The first-order valence-corrected chi connectivity index (χ1v) is 11.5. The molecular formula is C22H33BrN4O. The van der Waals surface area contributed by atoms with Crippen LogP contribution in [-0.4, -0.2) is 52.1 Å². The molecule has 0 spiro atoms. The lowest BCUT2D eigenvalue weighted by Gasteiger charge is -2.31. The zero-order valence-electron chi connectivity index (χ0n) is 17.7. The van der Waals surface area contributed by atoms with E-state index in [-0.39, 0.29) is 11.6 Å². The highest BCUT2D eigenvalue weighted by Gasteiger charge is 2.27. The number of rotatable bonds is 6. The van der Waals surface area contributed by atoms with Crippen LogP contribution in [0.2, 0.25) is 0 Å². The van der Waals surface area contributed by atoms with Crippen molar-refractivity contribution in [2.24, 2.45) is 0 Å². The zero-order valence-corrected chi connectivity index (χ0v) is 19.3. The fraction of sp³-hybridized carbons (Fsp3) is 0.636. The van der Waals surface area contributed by atoms with Gasteiger partial charge in [0, 0.05) is 30.7 Å². The lowest BCUT2D eigenvalue weighted by molar-refractivity contribution is 0.177. The number of benzene rings is 1. The van der Waals surface area contributed by atoms with Crippen LogP contribution < -0.4 is 5.56 Å². The summed E-state index contributed by atoms with van der Waals surface area (Å²) in [6.07, 6.45) is 3.28. The largest absolute Gasteiger partial charge is 0.302 e. The van der Waals surface area contributed by atoms with Gasteiger partial charge in [0.15, 0.2) is 0 Å². The van der Waals surface area contributed by atoms with Crippen molar-refractivity contribution in [3.8, 4) is 0 Å². The van der Waals surface area contributed by atoms with E-state index in [9.17, 15) is 4.79 Å². The van der Waals surface area contributed by atoms with Crippen LogP contribution in [0.3, 0.4) is 0 Å². The molecule has 0 bridgehead atoms. The van der Waals surface area contributed by atoms with Gasteiger partial charge in [-0.1, -0.05) is 36.2 Å². The van der Waals surface area contributed by atoms with Gasteiger partial charge in [0.05, 0.1) is 16.9 Å². The van der Waals surface area contributed by atoms with Crippen LogP contribution >= 0.6 is 15.9 Å². The molecule has 154 valence electrons. The first-order chi connectivity index (χ1) is 13.5. The second-order valence-corrected chi connectivity index (χ2v) is 8.57. The summed E-state index contributed by atoms with van der Waals surface area (Å²) in [5.74, 6) is 0.938. The molecule has 5 nitrogen and oxygen atoms in total. The maximum Gasteiger partial charge on any atom is 0.261 e. The fourth-order valence-corrected chi connectivity index (χ4v) is 4.72. The number of nitrogens with zero attached hydrogens (tertiary/aromatic N) is 4. The molecule has 1 aliphatic rings. The minimum atomic E-state index is 0.0902. The Labute approximate surface area is 176 Å². The van der Waals surface area contributed by atoms with Crippen LogP contribution in [0, 0.1) is 6.92 Å². The summed E-state index contributed by atoms with van der Waals surface area (Å²) >= 11 is 3.56. The van der Waals surface area contributed by atoms with Gasteiger partial charge in [0.1, 0.15) is 5.82 Å². The predicted molar refractivity (Wildman–Crippen MR) is 120 cm³/mol. The number of likely N-dealkylation sites (N-methyl/N-ethyl adjacent to an activating group) is 1. The molecule has 0 radical (unpaired) electrons. The van der Waals surface area contributed by atoms with Crippen molar-refractivity contribution in [1.82, 2.24) is 19.4 Å². The third-order valence-electron chi connectivity index (χ3n) is 6.03. The van der Waals surface area contributed by atoms with E-state index in [1.165, 1.54) is 6.42 Å². The van der Waals surface area contributed by atoms with E-state index in [4.69, 9.17) is 4.98 Å². The SMILES string of the molecule is CCCC(c1nc2ccc(Br)c(C)c2c(=O)n1CC)N1CCCN(CC)CC1. The molecule has 2 heterocycles. The van der Waals surface area contributed by atoms with Crippen LogP contribution in [0.15, 0.2) is 21.4 Å². The molecule has 1 unspecified atom stereocenters. The Kier molecular flexibility index (Phi) is 7.29. The highest BCUT2D eigenvalue weighted by atomic mass is 79.9. The molecule has 1 aromatic heterocycles. The summed E-state index contributed by atoms with van der Waals surface area (Å²) in [7, 11) is 0. The monoisotopic (exact) mass is 448 g/mol. The molecule has 1 aromatic carbocycles. The van der Waals surface area contributed by atoms with Crippen LogP contribution in [0.4, 0.5) is 0 Å². The standard InChI is InChI=1S/C22H33BrN4O/c1-5-9-19(26-13-8-12-25(6-2)14-15-26)21-24-18-11-10-17(23)16(4)20(18)22(28)27(21)7-3/h10-11,19H,5-9,12-15H2,1-4H3. The quantitative estimate of drug-likeness (QED) is 0.658. The molecule has 0 N–H and O–H groups in total. The number of aromatic nitrogens is 2. The molecule has 28 heavy (non-hydrogen) atoms. The Balaban J connectivity index is 2.10. The average molecular weight is 449 g/mol. The van der Waals surface area contributed by atoms with Crippen LogP contribution in [0.1, 0.15) is 57.5 Å². The van der Waals surface area contributed by atoms with Crippen molar-refractivity contribution >= 4 is 26.8 Å². The van der Waals surface area contributed by atoms with Crippen molar-refractivity contribution in [1.29, 1.82) is 0 Å². The molecule has 0 aliphatic carbocycles. The van der Waals surface area contributed by atoms with Gasteiger partial charge in [0.2, 0.25) is 0 Å². The first-order valence-electron chi connectivity index (χ1n) is 10.7. The summed E-state index contributed by atoms with van der Waals surface area (Å²) in [4.78, 5) is 23.5. The maximum absolute atomic E-state index is 13.4. The Hall–Kier alpha value is -1.24. The summed E-state index contributed by atoms with van der Waals surface area (Å²) < 4.78 is 2.87. The lowest BCUT2D eigenvalue weighted by Crippen LogP contribution is -2.37. The number of aryl methyl sites for hydroxylation is 1.